The van der Waals surface area contributed by atoms with E-state index in [1.165, 1.54) is 0 Å². The molecule has 254 valence electrons. The van der Waals surface area contributed by atoms with Crippen LogP contribution in [-0.4, -0.2) is 68.2 Å². The first kappa shape index (κ1) is 34.3. The van der Waals surface area contributed by atoms with E-state index in [0.29, 0.717) is 49.1 Å². The summed E-state index contributed by atoms with van der Waals surface area (Å²) in [5, 5.41) is 14.3. The highest BCUT2D eigenvalue weighted by Crippen LogP contribution is 2.31. The number of pyridine rings is 1. The highest BCUT2D eigenvalue weighted by atomic mass is 16.7. The summed E-state index contributed by atoms with van der Waals surface area (Å²) in [5.41, 5.74) is 11.8. The second-order valence-corrected chi connectivity index (χ2v) is 12.0. The molecule has 1 aliphatic rings. The van der Waals surface area contributed by atoms with Crippen molar-refractivity contribution in [2.45, 2.75) is 78.2 Å². The number of carbonyl (C=O) groups is 4. The molecule has 1 aliphatic heterocycles. The molecule has 0 saturated carbocycles. The summed E-state index contributed by atoms with van der Waals surface area (Å²) < 4.78 is 8.00. The number of phenolic OH excluding ortho intramolecular Hbond substituents is 1. The first-order valence-corrected chi connectivity index (χ1v) is 16.4. The number of hydroxylamine groups is 2. The number of benzene rings is 2. The van der Waals surface area contributed by atoms with Gasteiger partial charge >= 0.3 is 5.97 Å². The Bertz CT molecular complexity index is 1820. The molecule has 3 amide bonds. The lowest BCUT2D eigenvalue weighted by Gasteiger charge is -2.13. The Kier molecular flexibility index (Phi) is 11.2. The van der Waals surface area contributed by atoms with Crippen LogP contribution in [0.3, 0.4) is 0 Å². The number of aryl methyl sites for hydroxylation is 2. The third kappa shape index (κ3) is 8.26. The second kappa shape index (κ2) is 15.7. The number of anilines is 1. The van der Waals surface area contributed by atoms with E-state index in [0.717, 1.165) is 58.2 Å². The number of aromatic hydroxyl groups is 1. The number of aromatic nitrogens is 3. The Balaban J connectivity index is 1.15. The molecule has 0 atom stereocenters. The molecule has 1 saturated heterocycles. The number of phenols is 1. The number of carbonyl (C=O) groups excluding carboxylic acids is 4. The number of imide groups is 1. The number of imidazole rings is 1. The smallest absolute Gasteiger partial charge is 0.333 e. The van der Waals surface area contributed by atoms with Gasteiger partial charge in [0.15, 0.2) is 5.82 Å². The molecule has 0 aliphatic carbocycles. The Morgan fingerprint density at radius 1 is 0.979 bits per heavy atom. The summed E-state index contributed by atoms with van der Waals surface area (Å²) in [6.45, 7) is 5.70. The van der Waals surface area contributed by atoms with Crippen molar-refractivity contribution >= 4 is 51.4 Å². The minimum Gasteiger partial charge on any atom is -0.508 e. The molecule has 0 unspecified atom stereocenters. The number of hydrogen-bond donors (Lipinski definition) is 3. The lowest BCUT2D eigenvalue weighted by Crippen LogP contribution is -2.32. The average molecular weight is 659 g/mol. The summed E-state index contributed by atoms with van der Waals surface area (Å²) >= 11 is 0. The van der Waals surface area contributed by atoms with Gasteiger partial charge < -0.3 is 30.3 Å². The highest BCUT2D eigenvalue weighted by Gasteiger charge is 2.32. The molecule has 13 heteroatoms. The fourth-order valence-corrected chi connectivity index (χ4v) is 5.70. The number of nitrogen functional groups attached to an aromatic ring is 1. The van der Waals surface area contributed by atoms with E-state index in [9.17, 15) is 24.3 Å². The van der Waals surface area contributed by atoms with Gasteiger partial charge in [0, 0.05) is 50.6 Å². The molecule has 4 N–H and O–H groups in total. The largest absolute Gasteiger partial charge is 0.508 e. The van der Waals surface area contributed by atoms with Gasteiger partial charge in [-0.1, -0.05) is 31.5 Å². The van der Waals surface area contributed by atoms with Crippen molar-refractivity contribution in [2.24, 2.45) is 0 Å². The molecule has 0 radical (unpaired) electrons. The summed E-state index contributed by atoms with van der Waals surface area (Å²) in [6.07, 6.45) is 3.79. The number of nitrogens with one attached hydrogen (secondary N) is 1. The van der Waals surface area contributed by atoms with Crippen LogP contribution < -0.4 is 11.1 Å². The van der Waals surface area contributed by atoms with E-state index in [1.54, 1.807) is 6.07 Å². The van der Waals surface area contributed by atoms with Crippen molar-refractivity contribution in [3.8, 4) is 5.75 Å². The average Bonchev–Trinajstić information content (AvgIpc) is 3.58. The van der Waals surface area contributed by atoms with E-state index < -0.39 is 17.8 Å². The second-order valence-electron chi connectivity index (χ2n) is 12.0. The number of nitrogens with two attached hydrogens (primary N) is 1. The quantitative estimate of drug-likeness (QED) is 0.118. The van der Waals surface area contributed by atoms with Gasteiger partial charge in [-0.2, -0.15) is 0 Å². The summed E-state index contributed by atoms with van der Waals surface area (Å²) in [5.74, 6) is -0.423. The molecule has 2 aromatic carbocycles. The van der Waals surface area contributed by atoms with Crippen molar-refractivity contribution in [3.63, 3.8) is 0 Å². The van der Waals surface area contributed by atoms with Crippen LogP contribution >= 0.6 is 0 Å². The van der Waals surface area contributed by atoms with Crippen molar-refractivity contribution in [1.82, 2.24) is 24.9 Å². The van der Waals surface area contributed by atoms with Crippen LogP contribution in [0.15, 0.2) is 36.4 Å². The molecule has 4 aromatic rings. The first-order chi connectivity index (χ1) is 23.1. The number of rotatable bonds is 16. The van der Waals surface area contributed by atoms with Crippen molar-refractivity contribution in [2.75, 3.05) is 25.5 Å². The van der Waals surface area contributed by atoms with Gasteiger partial charge in [0.1, 0.15) is 17.1 Å². The van der Waals surface area contributed by atoms with E-state index >= 15 is 0 Å². The molecule has 2 aromatic heterocycles. The summed E-state index contributed by atoms with van der Waals surface area (Å²) in [4.78, 5) is 61.5. The number of nitrogens with zero attached hydrogens (tertiary/aromatic N) is 4. The van der Waals surface area contributed by atoms with Crippen molar-refractivity contribution in [1.29, 1.82) is 0 Å². The highest BCUT2D eigenvalue weighted by molar-refractivity contribution is 6.07. The maximum Gasteiger partial charge on any atom is 0.333 e. The van der Waals surface area contributed by atoms with Gasteiger partial charge in [-0.15, -0.1) is 5.06 Å². The van der Waals surface area contributed by atoms with Crippen LogP contribution in [0, 0.1) is 6.92 Å². The maximum absolute atomic E-state index is 12.1. The monoisotopic (exact) mass is 658 g/mol. The zero-order valence-electron chi connectivity index (χ0n) is 27.4. The standard InChI is InChI=1S/C35H42N6O7/c1-3-4-6-28-39-33-34(40(28)21-24-10-12-27(42)22(2)19-24)25-20-23(9-11-26(25)38-35(33)36)15-17-47-18-16-37-29(43)7-5-8-32(46)48-41-30(44)13-14-31(41)45/h9-12,19-20,42H,3-8,13-18,21H2,1-2H3,(H2,36,38)(H,37,43). The van der Waals surface area contributed by atoms with Gasteiger partial charge in [0.2, 0.25) is 5.91 Å². The van der Waals surface area contributed by atoms with E-state index in [1.807, 2.05) is 31.2 Å². The molecule has 0 bridgehead atoms. The molecule has 5 rings (SSSR count). The molecular formula is C35H42N6O7. The Morgan fingerprint density at radius 3 is 2.50 bits per heavy atom. The number of fused-ring (bicyclic) bond motifs is 3. The zero-order chi connectivity index (χ0) is 34.2. The fourth-order valence-electron chi connectivity index (χ4n) is 5.70. The summed E-state index contributed by atoms with van der Waals surface area (Å²) in [6, 6.07) is 11.7. The third-order valence-electron chi connectivity index (χ3n) is 8.29. The molecule has 1 fully saturated rings. The number of unbranched alkanes of at least 4 members (excludes halogenated alkanes) is 1. The van der Waals surface area contributed by atoms with Crippen LogP contribution in [-0.2, 0) is 48.1 Å². The SMILES string of the molecule is CCCCc1nc2c(N)nc3ccc(CCOCCNC(=O)CCCC(=O)ON4C(=O)CCC4=O)cc3c2n1Cc1ccc(O)c(C)c1. The molecule has 48 heavy (non-hydrogen) atoms. The fraction of sp³-hybridized carbons (Fsp3) is 0.429. The lowest BCUT2D eigenvalue weighted by atomic mass is 10.1. The van der Waals surface area contributed by atoms with Crippen LogP contribution in [0.5, 0.6) is 5.75 Å². The molecular weight excluding hydrogens is 616 g/mol. The molecule has 0 spiro atoms. The first-order valence-electron chi connectivity index (χ1n) is 16.4. The Labute approximate surface area is 278 Å². The van der Waals surface area contributed by atoms with E-state index in [4.69, 9.17) is 20.3 Å². The predicted molar refractivity (Wildman–Crippen MR) is 179 cm³/mol. The Hall–Kier alpha value is -5.04. The third-order valence-corrected chi connectivity index (χ3v) is 8.29. The van der Waals surface area contributed by atoms with Gasteiger partial charge in [-0.3, -0.25) is 14.4 Å². The molecule has 3 heterocycles. The van der Waals surface area contributed by atoms with Gasteiger partial charge in [0.25, 0.3) is 11.8 Å². The topological polar surface area (TPSA) is 179 Å². The number of ether oxygens (including phenoxy) is 1. The minimum atomic E-state index is -0.725. The number of amides is 3. The van der Waals surface area contributed by atoms with Gasteiger partial charge in [-0.25, -0.2) is 14.8 Å². The van der Waals surface area contributed by atoms with Crippen LogP contribution in [0.2, 0.25) is 0 Å². The van der Waals surface area contributed by atoms with Crippen LogP contribution in [0.25, 0.3) is 21.9 Å². The predicted octanol–water partition coefficient (Wildman–Crippen LogP) is 4.02. The minimum absolute atomic E-state index is 0.0323. The summed E-state index contributed by atoms with van der Waals surface area (Å²) in [7, 11) is 0. The normalized spacial score (nSPS) is 13.2. The number of hydrogen-bond acceptors (Lipinski definition) is 10. The van der Waals surface area contributed by atoms with Gasteiger partial charge in [0.05, 0.1) is 24.2 Å². The van der Waals surface area contributed by atoms with E-state index in [-0.39, 0.29) is 43.8 Å². The Morgan fingerprint density at radius 2 is 1.75 bits per heavy atom. The maximum atomic E-state index is 12.1. The van der Waals surface area contributed by atoms with Crippen LogP contribution in [0.1, 0.15) is 74.4 Å². The van der Waals surface area contributed by atoms with Crippen LogP contribution in [0.4, 0.5) is 5.82 Å². The van der Waals surface area contributed by atoms with Crippen molar-refractivity contribution in [3.05, 3.63) is 58.9 Å². The lowest BCUT2D eigenvalue weighted by molar-refractivity contribution is -0.197. The zero-order valence-corrected chi connectivity index (χ0v) is 27.4. The van der Waals surface area contributed by atoms with Gasteiger partial charge in [-0.05, 0) is 61.1 Å². The molecule has 13 nitrogen and oxygen atoms in total. The van der Waals surface area contributed by atoms with E-state index in [2.05, 4.69) is 27.9 Å². The van der Waals surface area contributed by atoms with Crippen molar-refractivity contribution < 1.29 is 33.9 Å².